The number of aliphatic imine (C=N–C) groups is 1. The first-order chi connectivity index (χ1) is 7.42. The summed E-state index contributed by atoms with van der Waals surface area (Å²) in [6, 6.07) is 0. The molecule has 0 heterocycles. The van der Waals surface area contributed by atoms with Gasteiger partial charge in [0.2, 0.25) is 0 Å². The number of carbonyl (C=O) groups is 1. The Labute approximate surface area is 96.2 Å². The van der Waals surface area contributed by atoms with Gasteiger partial charge in [-0.2, -0.15) is 0 Å². The molecular formula is C11H21N3O2. The molecule has 0 bridgehead atoms. The number of amidine groups is 1. The van der Waals surface area contributed by atoms with Crippen molar-refractivity contribution < 1.29 is 9.90 Å². The second kappa shape index (κ2) is 7.00. The summed E-state index contributed by atoms with van der Waals surface area (Å²) in [6.07, 6.45) is 5.23. The Bertz CT molecular complexity index is 283. The number of carboxylic acids is 1. The largest absolute Gasteiger partial charge is 0.480 e. The fourth-order valence-electron chi connectivity index (χ4n) is 1.16. The maximum Gasteiger partial charge on any atom is 0.323 e. The van der Waals surface area contributed by atoms with Crippen molar-refractivity contribution in [2.75, 3.05) is 6.54 Å². The predicted octanol–water partition coefficient (Wildman–Crippen LogP) is 0.892. The molecule has 5 heteroatoms. The summed E-state index contributed by atoms with van der Waals surface area (Å²) in [4.78, 5) is 14.8. The molecule has 0 saturated carbocycles. The van der Waals surface area contributed by atoms with E-state index in [2.05, 4.69) is 4.99 Å². The van der Waals surface area contributed by atoms with Crippen LogP contribution in [0.25, 0.3) is 0 Å². The number of nitrogens with two attached hydrogens (primary N) is 2. The molecule has 0 aliphatic rings. The summed E-state index contributed by atoms with van der Waals surface area (Å²) in [7, 11) is 0. The van der Waals surface area contributed by atoms with Crippen LogP contribution in [0.1, 0.15) is 33.1 Å². The van der Waals surface area contributed by atoms with Gasteiger partial charge in [-0.05, 0) is 26.2 Å². The molecule has 92 valence electrons. The highest BCUT2D eigenvalue weighted by molar-refractivity contribution is 5.78. The molecule has 0 rings (SSSR count). The molecule has 5 nitrogen and oxygen atoms in total. The van der Waals surface area contributed by atoms with Crippen LogP contribution in [-0.4, -0.2) is 29.0 Å². The first-order valence-electron chi connectivity index (χ1n) is 5.36. The van der Waals surface area contributed by atoms with Crippen LogP contribution in [0.3, 0.4) is 0 Å². The number of nitrogens with zero attached hydrogens (tertiary/aromatic N) is 1. The lowest BCUT2D eigenvalue weighted by molar-refractivity contribution is -0.143. The van der Waals surface area contributed by atoms with Crippen LogP contribution in [-0.2, 0) is 4.79 Å². The van der Waals surface area contributed by atoms with E-state index in [9.17, 15) is 4.79 Å². The van der Waals surface area contributed by atoms with E-state index in [4.69, 9.17) is 16.6 Å². The molecular weight excluding hydrogens is 206 g/mol. The van der Waals surface area contributed by atoms with Gasteiger partial charge in [0.25, 0.3) is 0 Å². The zero-order valence-corrected chi connectivity index (χ0v) is 9.94. The Balaban J connectivity index is 3.97. The highest BCUT2D eigenvalue weighted by atomic mass is 16.4. The molecule has 0 fully saturated rings. The van der Waals surface area contributed by atoms with Gasteiger partial charge in [0, 0.05) is 0 Å². The highest BCUT2D eigenvalue weighted by Crippen LogP contribution is 2.14. The molecule has 0 radical (unpaired) electrons. The molecule has 0 aromatic heterocycles. The number of rotatable bonds is 7. The summed E-state index contributed by atoms with van der Waals surface area (Å²) < 4.78 is 0. The molecule has 0 saturated heterocycles. The number of allylic oxidation sites excluding steroid dienone is 1. The van der Waals surface area contributed by atoms with Gasteiger partial charge in [-0.25, -0.2) is 0 Å². The van der Waals surface area contributed by atoms with E-state index in [0.717, 1.165) is 0 Å². The topological polar surface area (TPSA) is 102 Å². The van der Waals surface area contributed by atoms with Gasteiger partial charge < -0.3 is 16.6 Å². The smallest absolute Gasteiger partial charge is 0.323 e. The molecule has 0 unspecified atom stereocenters. The molecule has 1 atom stereocenters. The summed E-state index contributed by atoms with van der Waals surface area (Å²) in [5.74, 6) is -0.406. The monoisotopic (exact) mass is 227 g/mol. The van der Waals surface area contributed by atoms with Crippen LogP contribution >= 0.6 is 0 Å². The van der Waals surface area contributed by atoms with Crippen molar-refractivity contribution in [1.82, 2.24) is 0 Å². The predicted molar refractivity (Wildman–Crippen MR) is 65.4 cm³/mol. The summed E-state index contributed by atoms with van der Waals surface area (Å²) in [6.45, 7) is 4.03. The van der Waals surface area contributed by atoms with Crippen LogP contribution in [0.2, 0.25) is 0 Å². The Morgan fingerprint density at radius 3 is 2.56 bits per heavy atom. The molecule has 0 aliphatic carbocycles. The average Bonchev–Trinajstić information content (AvgIpc) is 2.22. The number of hydrogen-bond donors (Lipinski definition) is 3. The lowest BCUT2D eigenvalue weighted by atomic mass is 9.92. The third kappa shape index (κ3) is 5.50. The normalized spacial score (nSPS) is 16.3. The van der Waals surface area contributed by atoms with Crippen LogP contribution in [0.5, 0.6) is 0 Å². The molecule has 0 aromatic carbocycles. The fraction of sp³-hybridized carbons (Fsp3) is 0.636. The Kier molecular flexibility index (Phi) is 6.41. The maximum absolute atomic E-state index is 10.9. The van der Waals surface area contributed by atoms with Gasteiger partial charge in [0.05, 0.1) is 12.4 Å². The first-order valence-corrected chi connectivity index (χ1v) is 5.36. The summed E-state index contributed by atoms with van der Waals surface area (Å²) in [5.41, 5.74) is 9.96. The second-order valence-electron chi connectivity index (χ2n) is 3.81. The zero-order chi connectivity index (χ0) is 12.6. The van der Waals surface area contributed by atoms with Gasteiger partial charge in [-0.3, -0.25) is 9.79 Å². The summed E-state index contributed by atoms with van der Waals surface area (Å²) in [5, 5.41) is 8.92. The van der Waals surface area contributed by atoms with Crippen molar-refractivity contribution in [1.29, 1.82) is 0 Å². The van der Waals surface area contributed by atoms with Crippen LogP contribution in [0, 0.1) is 0 Å². The average molecular weight is 227 g/mol. The molecule has 5 N–H and O–H groups in total. The fourth-order valence-corrected chi connectivity index (χ4v) is 1.16. The van der Waals surface area contributed by atoms with Crippen molar-refractivity contribution in [2.45, 2.75) is 38.6 Å². The third-order valence-corrected chi connectivity index (χ3v) is 2.43. The minimum Gasteiger partial charge on any atom is -0.480 e. The number of carboxylic acid groups (broad SMARTS) is 1. The van der Waals surface area contributed by atoms with Crippen molar-refractivity contribution >= 4 is 11.8 Å². The SMILES string of the molecule is CC[C@](N)(CCC=CCN=C(C)N)C(=O)O. The van der Waals surface area contributed by atoms with E-state index < -0.39 is 11.5 Å². The minimum atomic E-state index is -1.11. The van der Waals surface area contributed by atoms with Crippen molar-refractivity contribution in [3.63, 3.8) is 0 Å². The van der Waals surface area contributed by atoms with E-state index in [1.165, 1.54) is 0 Å². The van der Waals surface area contributed by atoms with E-state index in [1.807, 2.05) is 12.2 Å². The molecule has 0 amide bonds. The van der Waals surface area contributed by atoms with E-state index >= 15 is 0 Å². The zero-order valence-electron chi connectivity index (χ0n) is 9.94. The van der Waals surface area contributed by atoms with Crippen LogP contribution in [0.15, 0.2) is 17.1 Å². The molecule has 0 spiro atoms. The van der Waals surface area contributed by atoms with Gasteiger partial charge in [0.15, 0.2) is 0 Å². The van der Waals surface area contributed by atoms with Crippen molar-refractivity contribution in [2.24, 2.45) is 16.5 Å². The van der Waals surface area contributed by atoms with Gasteiger partial charge >= 0.3 is 5.97 Å². The van der Waals surface area contributed by atoms with E-state index in [1.54, 1.807) is 13.8 Å². The van der Waals surface area contributed by atoms with Crippen LogP contribution in [0.4, 0.5) is 0 Å². The quantitative estimate of drug-likeness (QED) is 0.341. The lowest BCUT2D eigenvalue weighted by Crippen LogP contribution is -2.47. The van der Waals surface area contributed by atoms with E-state index in [-0.39, 0.29) is 0 Å². The van der Waals surface area contributed by atoms with Crippen molar-refractivity contribution in [3.8, 4) is 0 Å². The Morgan fingerprint density at radius 2 is 2.12 bits per heavy atom. The Morgan fingerprint density at radius 1 is 1.50 bits per heavy atom. The van der Waals surface area contributed by atoms with Crippen molar-refractivity contribution in [3.05, 3.63) is 12.2 Å². The van der Waals surface area contributed by atoms with E-state index in [0.29, 0.717) is 31.6 Å². The Hall–Kier alpha value is -1.36. The second-order valence-corrected chi connectivity index (χ2v) is 3.81. The summed E-state index contributed by atoms with van der Waals surface area (Å²) >= 11 is 0. The number of hydrogen-bond acceptors (Lipinski definition) is 3. The van der Waals surface area contributed by atoms with Crippen LogP contribution < -0.4 is 11.5 Å². The molecule has 0 aliphatic heterocycles. The standard InChI is InChI=1S/C11H21N3O2/c1-3-11(13,10(15)16)7-5-4-6-8-14-9(2)12/h4,6H,3,5,7-8,13H2,1-2H3,(H2,12,14)(H,15,16)/t11-/m0/s1. The van der Waals surface area contributed by atoms with Gasteiger partial charge in [-0.1, -0.05) is 19.1 Å². The molecule has 0 aromatic rings. The molecule has 16 heavy (non-hydrogen) atoms. The number of aliphatic carboxylic acids is 1. The highest BCUT2D eigenvalue weighted by Gasteiger charge is 2.30. The lowest BCUT2D eigenvalue weighted by Gasteiger charge is -2.21. The third-order valence-electron chi connectivity index (χ3n) is 2.43. The maximum atomic E-state index is 10.9. The van der Waals surface area contributed by atoms with Gasteiger partial charge in [-0.15, -0.1) is 0 Å². The first kappa shape index (κ1) is 14.6. The van der Waals surface area contributed by atoms with Gasteiger partial charge in [0.1, 0.15) is 5.54 Å². The minimum absolute atomic E-state index is 0.427.